The number of hydrogen-bond acceptors (Lipinski definition) is 5. The Morgan fingerprint density at radius 1 is 1.15 bits per heavy atom. The molecule has 144 valence electrons. The van der Waals surface area contributed by atoms with Gasteiger partial charge in [0.25, 0.3) is 5.91 Å². The van der Waals surface area contributed by atoms with E-state index in [1.807, 2.05) is 41.8 Å². The minimum atomic E-state index is -3.20. The van der Waals surface area contributed by atoms with Crippen LogP contribution in [0.25, 0.3) is 0 Å². The first kappa shape index (κ1) is 18.1. The van der Waals surface area contributed by atoms with Crippen LogP contribution in [0.4, 0.5) is 5.69 Å². The summed E-state index contributed by atoms with van der Waals surface area (Å²) in [5, 5.41) is 11.1. The summed E-state index contributed by atoms with van der Waals surface area (Å²) in [4.78, 5) is 12.6. The number of rotatable bonds is 5. The van der Waals surface area contributed by atoms with Crippen LogP contribution in [0.1, 0.15) is 29.8 Å². The van der Waals surface area contributed by atoms with Crippen molar-refractivity contribution in [2.75, 3.05) is 24.2 Å². The molecule has 1 fully saturated rings. The van der Waals surface area contributed by atoms with Crippen molar-refractivity contribution < 1.29 is 13.2 Å². The van der Waals surface area contributed by atoms with Gasteiger partial charge < -0.3 is 9.88 Å². The second kappa shape index (κ2) is 7.05. The maximum atomic E-state index is 12.6. The summed E-state index contributed by atoms with van der Waals surface area (Å²) in [6.07, 6.45) is 1.26. The molecule has 0 spiro atoms. The molecule has 8 nitrogen and oxygen atoms in total. The van der Waals surface area contributed by atoms with Crippen LogP contribution in [-0.2, 0) is 23.0 Å². The molecule has 27 heavy (non-hydrogen) atoms. The molecule has 1 aromatic carbocycles. The predicted octanol–water partition coefficient (Wildman–Crippen LogP) is 1.37. The summed E-state index contributed by atoms with van der Waals surface area (Å²) < 4.78 is 28.2. The van der Waals surface area contributed by atoms with Gasteiger partial charge in [-0.3, -0.25) is 4.79 Å². The number of carbonyl (C=O) groups excluding carboxylic acids is 1. The molecule has 9 heteroatoms. The van der Waals surface area contributed by atoms with Crippen LogP contribution in [0, 0.1) is 11.8 Å². The van der Waals surface area contributed by atoms with Crippen LogP contribution < -0.4 is 5.32 Å². The number of carbonyl (C=O) groups is 1. The number of hydrogen-bond donors (Lipinski definition) is 1. The van der Waals surface area contributed by atoms with Crippen molar-refractivity contribution in [3.8, 4) is 0 Å². The van der Waals surface area contributed by atoms with Crippen molar-refractivity contribution in [1.82, 2.24) is 19.1 Å². The predicted molar refractivity (Wildman–Crippen MR) is 101 cm³/mol. The molecule has 2 atom stereocenters. The van der Waals surface area contributed by atoms with Gasteiger partial charge in [-0.05, 0) is 30.4 Å². The first-order valence-electron chi connectivity index (χ1n) is 9.24. The molecule has 2 aliphatic heterocycles. The van der Waals surface area contributed by atoms with Crippen LogP contribution >= 0.6 is 0 Å². The maximum absolute atomic E-state index is 12.6. The Hall–Kier alpha value is -2.26. The second-order valence-electron chi connectivity index (χ2n) is 7.23. The van der Waals surface area contributed by atoms with E-state index in [1.165, 1.54) is 0 Å². The zero-order valence-corrected chi connectivity index (χ0v) is 16.0. The SMILES string of the molecule is CCCS(=O)(=O)N1CC2Cc3nnc(C(=O)Nc4ccccc4)n3CC2C1. The number of amides is 1. The molecule has 0 bridgehead atoms. The van der Waals surface area contributed by atoms with Gasteiger partial charge in [0.15, 0.2) is 0 Å². The Kier molecular flexibility index (Phi) is 4.73. The van der Waals surface area contributed by atoms with Gasteiger partial charge in [0.2, 0.25) is 15.8 Å². The fourth-order valence-electron chi connectivity index (χ4n) is 3.97. The number of fused-ring (bicyclic) bond motifs is 2. The number of nitrogens with zero attached hydrogens (tertiary/aromatic N) is 4. The minimum Gasteiger partial charge on any atom is -0.319 e. The number of para-hydroxylation sites is 1. The first-order valence-corrected chi connectivity index (χ1v) is 10.8. The molecule has 0 radical (unpaired) electrons. The van der Waals surface area contributed by atoms with Gasteiger partial charge >= 0.3 is 0 Å². The highest BCUT2D eigenvalue weighted by atomic mass is 32.2. The van der Waals surface area contributed by atoms with Gasteiger partial charge in [-0.2, -0.15) is 0 Å². The van der Waals surface area contributed by atoms with E-state index < -0.39 is 10.0 Å². The average Bonchev–Trinajstić information content (AvgIpc) is 3.24. The highest BCUT2D eigenvalue weighted by Gasteiger charge is 2.42. The molecule has 2 unspecified atom stereocenters. The van der Waals surface area contributed by atoms with Crippen molar-refractivity contribution >= 4 is 21.6 Å². The van der Waals surface area contributed by atoms with Gasteiger partial charge in [0.1, 0.15) is 5.82 Å². The molecule has 2 aliphatic rings. The van der Waals surface area contributed by atoms with E-state index >= 15 is 0 Å². The lowest BCUT2D eigenvalue weighted by Gasteiger charge is -2.25. The molecule has 1 amide bonds. The molecule has 1 saturated heterocycles. The van der Waals surface area contributed by atoms with Crippen LogP contribution in [0.3, 0.4) is 0 Å². The topological polar surface area (TPSA) is 97.2 Å². The number of aromatic nitrogens is 3. The summed E-state index contributed by atoms with van der Waals surface area (Å²) in [5.74, 6) is 1.34. The Balaban J connectivity index is 1.50. The lowest BCUT2D eigenvalue weighted by molar-refractivity contribution is 0.100. The third-order valence-corrected chi connectivity index (χ3v) is 7.33. The first-order chi connectivity index (χ1) is 13.0. The van der Waals surface area contributed by atoms with E-state index in [4.69, 9.17) is 0 Å². The van der Waals surface area contributed by atoms with Gasteiger partial charge in [0, 0.05) is 31.7 Å². The fraction of sp³-hybridized carbons (Fsp3) is 0.500. The van der Waals surface area contributed by atoms with Crippen molar-refractivity contribution in [3.05, 3.63) is 42.0 Å². The molecule has 1 aromatic heterocycles. The molecular formula is C18H23N5O3S. The normalized spacial score (nSPS) is 22.3. The lowest BCUT2D eigenvalue weighted by Crippen LogP contribution is -2.31. The zero-order chi connectivity index (χ0) is 19.0. The highest BCUT2D eigenvalue weighted by Crippen LogP contribution is 2.34. The van der Waals surface area contributed by atoms with Gasteiger partial charge in [0.05, 0.1) is 5.75 Å². The summed E-state index contributed by atoms with van der Waals surface area (Å²) in [7, 11) is -3.20. The fourth-order valence-corrected chi connectivity index (χ4v) is 5.58. The van der Waals surface area contributed by atoms with E-state index in [0.717, 1.165) is 5.82 Å². The van der Waals surface area contributed by atoms with Gasteiger partial charge in [-0.25, -0.2) is 12.7 Å². The van der Waals surface area contributed by atoms with E-state index in [2.05, 4.69) is 15.5 Å². The standard InChI is InChI=1S/C18H23N5O3S/c1-2-8-27(25,26)22-10-13-9-16-20-21-17(23(16)12-14(13)11-22)18(24)19-15-6-4-3-5-7-15/h3-7,13-14H,2,8-12H2,1H3,(H,19,24). The van der Waals surface area contributed by atoms with Crippen molar-refractivity contribution in [3.63, 3.8) is 0 Å². The third-order valence-electron chi connectivity index (χ3n) is 5.32. The van der Waals surface area contributed by atoms with Crippen molar-refractivity contribution in [2.24, 2.45) is 11.8 Å². The largest absolute Gasteiger partial charge is 0.319 e. The Morgan fingerprint density at radius 3 is 2.63 bits per heavy atom. The van der Waals surface area contributed by atoms with E-state index in [1.54, 1.807) is 4.31 Å². The van der Waals surface area contributed by atoms with Gasteiger partial charge in [-0.1, -0.05) is 25.1 Å². The van der Waals surface area contributed by atoms with Gasteiger partial charge in [-0.15, -0.1) is 10.2 Å². The highest BCUT2D eigenvalue weighted by molar-refractivity contribution is 7.89. The van der Waals surface area contributed by atoms with Crippen molar-refractivity contribution in [2.45, 2.75) is 26.3 Å². The Morgan fingerprint density at radius 2 is 1.89 bits per heavy atom. The summed E-state index contributed by atoms with van der Waals surface area (Å²) in [6, 6.07) is 9.21. The van der Waals surface area contributed by atoms with Crippen molar-refractivity contribution in [1.29, 1.82) is 0 Å². The molecule has 1 N–H and O–H groups in total. The number of anilines is 1. The van der Waals surface area contributed by atoms with Crippen LogP contribution in [-0.4, -0.2) is 52.2 Å². The van der Waals surface area contributed by atoms with Crippen LogP contribution in [0.2, 0.25) is 0 Å². The second-order valence-corrected chi connectivity index (χ2v) is 9.32. The maximum Gasteiger partial charge on any atom is 0.293 e. The number of sulfonamides is 1. The zero-order valence-electron chi connectivity index (χ0n) is 15.2. The third kappa shape index (κ3) is 3.49. The quantitative estimate of drug-likeness (QED) is 0.833. The van der Waals surface area contributed by atoms with Crippen LogP contribution in [0.15, 0.2) is 30.3 Å². The van der Waals surface area contributed by atoms with E-state index in [9.17, 15) is 13.2 Å². The smallest absolute Gasteiger partial charge is 0.293 e. The summed E-state index contributed by atoms with van der Waals surface area (Å²) >= 11 is 0. The number of benzene rings is 1. The molecule has 0 aliphatic carbocycles. The average molecular weight is 389 g/mol. The lowest BCUT2D eigenvalue weighted by atomic mass is 9.89. The van der Waals surface area contributed by atoms with Crippen LogP contribution in [0.5, 0.6) is 0 Å². The number of nitrogens with one attached hydrogen (secondary N) is 1. The summed E-state index contributed by atoms with van der Waals surface area (Å²) in [5.41, 5.74) is 0.700. The molecule has 2 aromatic rings. The van der Waals surface area contributed by atoms with E-state index in [0.29, 0.717) is 38.2 Å². The molecular weight excluding hydrogens is 366 g/mol. The molecule has 3 heterocycles. The Bertz CT molecular complexity index is 941. The molecule has 0 saturated carbocycles. The Labute approximate surface area is 158 Å². The summed E-state index contributed by atoms with van der Waals surface area (Å²) in [6.45, 7) is 3.48. The monoisotopic (exact) mass is 389 g/mol. The minimum absolute atomic E-state index is 0.184. The molecule has 4 rings (SSSR count). The van der Waals surface area contributed by atoms with E-state index in [-0.39, 0.29) is 29.3 Å².